The van der Waals surface area contributed by atoms with Crippen LogP contribution in [-0.2, 0) is 6.42 Å². The quantitative estimate of drug-likeness (QED) is 0.800. The topological polar surface area (TPSA) is 29.5 Å². The van der Waals surface area contributed by atoms with Crippen molar-refractivity contribution in [2.24, 2.45) is 0 Å². The number of hydrogen-bond acceptors (Lipinski definition) is 2. The molecule has 1 aromatic rings. The number of fused-ring (bicyclic) bond motifs is 1. The molecule has 0 saturated carbocycles. The minimum absolute atomic E-state index is 0.281. The second-order valence-electron chi connectivity index (χ2n) is 4.01. The first-order valence-electron chi connectivity index (χ1n) is 6.00. The fraction of sp³-hybridized carbons (Fsp3) is 0.357. The Bertz CT molecular complexity index is 448. The fourth-order valence-corrected chi connectivity index (χ4v) is 1.94. The van der Waals surface area contributed by atoms with Crippen LogP contribution in [0.25, 0.3) is 6.08 Å². The summed E-state index contributed by atoms with van der Waals surface area (Å²) in [6.07, 6.45) is 4.86. The van der Waals surface area contributed by atoms with E-state index in [-0.39, 0.29) is 6.09 Å². The molecule has 0 bridgehead atoms. The Balaban J connectivity index is 2.09. The van der Waals surface area contributed by atoms with Gasteiger partial charge in [-0.3, -0.25) is 0 Å². The number of nitrogens with zero attached hydrogens (tertiary/aromatic N) is 1. The largest absolute Gasteiger partial charge is 0.415 e. The average molecular weight is 231 g/mol. The second-order valence-corrected chi connectivity index (χ2v) is 4.01. The van der Waals surface area contributed by atoms with Gasteiger partial charge in [0.1, 0.15) is 5.75 Å². The van der Waals surface area contributed by atoms with Crippen LogP contribution in [-0.4, -0.2) is 24.1 Å². The highest BCUT2D eigenvalue weighted by molar-refractivity contribution is 5.71. The standard InChI is InChI=1S/C14H17NO2/c1-3-15(4-2)14(16)17-13-9-8-11-6-5-7-12(11)10-13/h5,7-10H,3-4,6H2,1-2H3. The van der Waals surface area contributed by atoms with Gasteiger partial charge in [0.15, 0.2) is 0 Å². The molecule has 3 nitrogen and oxygen atoms in total. The normalized spacial score (nSPS) is 12.4. The molecule has 0 radical (unpaired) electrons. The van der Waals surface area contributed by atoms with Crippen molar-refractivity contribution < 1.29 is 9.53 Å². The number of hydrogen-bond donors (Lipinski definition) is 0. The molecule has 1 amide bonds. The van der Waals surface area contributed by atoms with E-state index in [0.717, 1.165) is 12.0 Å². The van der Waals surface area contributed by atoms with Gasteiger partial charge < -0.3 is 9.64 Å². The minimum Gasteiger partial charge on any atom is -0.410 e. The molecule has 1 aliphatic carbocycles. The van der Waals surface area contributed by atoms with Gasteiger partial charge in [-0.1, -0.05) is 18.2 Å². The van der Waals surface area contributed by atoms with Gasteiger partial charge in [0.2, 0.25) is 0 Å². The summed E-state index contributed by atoms with van der Waals surface area (Å²) in [5.74, 6) is 0.618. The molecular weight excluding hydrogens is 214 g/mol. The Morgan fingerprint density at radius 3 is 2.82 bits per heavy atom. The van der Waals surface area contributed by atoms with Crippen molar-refractivity contribution in [2.75, 3.05) is 13.1 Å². The second kappa shape index (κ2) is 5.04. The molecular formula is C14H17NO2. The van der Waals surface area contributed by atoms with Crippen LogP contribution in [0.2, 0.25) is 0 Å². The first kappa shape index (κ1) is 11.7. The molecule has 0 unspecified atom stereocenters. The van der Waals surface area contributed by atoms with Crippen molar-refractivity contribution in [2.45, 2.75) is 20.3 Å². The number of allylic oxidation sites excluding steroid dienone is 1. The van der Waals surface area contributed by atoms with Gasteiger partial charge in [-0.25, -0.2) is 4.79 Å². The number of benzene rings is 1. The Morgan fingerprint density at radius 1 is 1.35 bits per heavy atom. The third-order valence-electron chi connectivity index (χ3n) is 2.98. The number of carbonyl (C=O) groups excluding carboxylic acids is 1. The molecule has 0 heterocycles. The molecule has 0 fully saturated rings. The molecule has 1 aromatic carbocycles. The molecule has 1 aliphatic rings. The predicted molar refractivity (Wildman–Crippen MR) is 68.1 cm³/mol. The molecule has 0 aromatic heterocycles. The van der Waals surface area contributed by atoms with E-state index in [4.69, 9.17) is 4.74 Å². The maximum absolute atomic E-state index is 11.8. The molecule has 0 spiro atoms. The zero-order chi connectivity index (χ0) is 12.3. The summed E-state index contributed by atoms with van der Waals surface area (Å²) in [5.41, 5.74) is 2.43. The monoisotopic (exact) mass is 231 g/mol. The molecule has 0 N–H and O–H groups in total. The maximum atomic E-state index is 11.8. The molecule has 0 saturated heterocycles. The van der Waals surface area contributed by atoms with Crippen molar-refractivity contribution >= 4 is 12.2 Å². The SMILES string of the molecule is CCN(CC)C(=O)Oc1ccc2c(c1)C=CC2. The van der Waals surface area contributed by atoms with E-state index in [1.807, 2.05) is 32.0 Å². The minimum atomic E-state index is -0.281. The van der Waals surface area contributed by atoms with Crippen molar-refractivity contribution in [3.8, 4) is 5.75 Å². The maximum Gasteiger partial charge on any atom is 0.415 e. The fourth-order valence-electron chi connectivity index (χ4n) is 1.94. The highest BCUT2D eigenvalue weighted by Crippen LogP contribution is 2.24. The van der Waals surface area contributed by atoms with Crippen LogP contribution in [0.5, 0.6) is 5.75 Å². The van der Waals surface area contributed by atoms with Crippen LogP contribution in [0, 0.1) is 0 Å². The van der Waals surface area contributed by atoms with Crippen molar-refractivity contribution in [1.29, 1.82) is 0 Å². The third kappa shape index (κ3) is 2.49. The van der Waals surface area contributed by atoms with Gasteiger partial charge in [0, 0.05) is 13.1 Å². The Labute approximate surface area is 102 Å². The summed E-state index contributed by atoms with van der Waals surface area (Å²) in [5, 5.41) is 0. The third-order valence-corrected chi connectivity index (χ3v) is 2.98. The molecule has 2 rings (SSSR count). The number of ether oxygens (including phenoxy) is 1. The zero-order valence-corrected chi connectivity index (χ0v) is 10.3. The van der Waals surface area contributed by atoms with Crippen molar-refractivity contribution in [1.82, 2.24) is 4.90 Å². The van der Waals surface area contributed by atoms with Gasteiger partial charge >= 0.3 is 6.09 Å². The van der Waals surface area contributed by atoms with E-state index in [9.17, 15) is 4.79 Å². The van der Waals surface area contributed by atoms with Crippen LogP contribution < -0.4 is 4.74 Å². The zero-order valence-electron chi connectivity index (χ0n) is 10.3. The summed E-state index contributed by atoms with van der Waals surface area (Å²) in [4.78, 5) is 13.4. The number of rotatable bonds is 3. The summed E-state index contributed by atoms with van der Waals surface area (Å²) >= 11 is 0. The highest BCUT2D eigenvalue weighted by Gasteiger charge is 2.13. The number of carbonyl (C=O) groups is 1. The summed E-state index contributed by atoms with van der Waals surface area (Å²) in [7, 11) is 0. The lowest BCUT2D eigenvalue weighted by atomic mass is 10.1. The van der Waals surface area contributed by atoms with Gasteiger partial charge in [-0.15, -0.1) is 0 Å². The molecule has 17 heavy (non-hydrogen) atoms. The van der Waals surface area contributed by atoms with Gasteiger partial charge in [0.05, 0.1) is 0 Å². The Kier molecular flexibility index (Phi) is 3.47. The van der Waals surface area contributed by atoms with Gasteiger partial charge in [-0.2, -0.15) is 0 Å². The van der Waals surface area contributed by atoms with E-state index < -0.39 is 0 Å². The highest BCUT2D eigenvalue weighted by atomic mass is 16.6. The lowest BCUT2D eigenvalue weighted by Crippen LogP contribution is -2.33. The first-order chi connectivity index (χ1) is 8.24. The van der Waals surface area contributed by atoms with E-state index >= 15 is 0 Å². The lowest BCUT2D eigenvalue weighted by Gasteiger charge is -2.18. The number of amides is 1. The van der Waals surface area contributed by atoms with Crippen LogP contribution in [0.15, 0.2) is 24.3 Å². The Hall–Kier alpha value is -1.77. The lowest BCUT2D eigenvalue weighted by molar-refractivity contribution is 0.157. The van der Waals surface area contributed by atoms with Crippen LogP contribution >= 0.6 is 0 Å². The molecule has 90 valence electrons. The summed E-state index contributed by atoms with van der Waals surface area (Å²) in [6, 6.07) is 5.79. The molecule has 3 heteroatoms. The van der Waals surface area contributed by atoms with E-state index in [2.05, 4.69) is 12.2 Å². The van der Waals surface area contributed by atoms with Crippen molar-refractivity contribution in [3.63, 3.8) is 0 Å². The summed E-state index contributed by atoms with van der Waals surface area (Å²) < 4.78 is 5.34. The van der Waals surface area contributed by atoms with Crippen LogP contribution in [0.1, 0.15) is 25.0 Å². The van der Waals surface area contributed by atoms with E-state index in [1.54, 1.807) is 4.90 Å². The predicted octanol–water partition coefficient (Wildman–Crippen LogP) is 3.10. The van der Waals surface area contributed by atoms with Gasteiger partial charge in [-0.05, 0) is 43.5 Å². The molecule has 0 atom stereocenters. The molecule has 0 aliphatic heterocycles. The summed E-state index contributed by atoms with van der Waals surface area (Å²) in [6.45, 7) is 5.22. The van der Waals surface area contributed by atoms with Crippen molar-refractivity contribution in [3.05, 3.63) is 35.4 Å². The van der Waals surface area contributed by atoms with Gasteiger partial charge in [0.25, 0.3) is 0 Å². The Morgan fingerprint density at radius 2 is 2.12 bits per heavy atom. The van der Waals surface area contributed by atoms with Crippen LogP contribution in [0.3, 0.4) is 0 Å². The smallest absolute Gasteiger partial charge is 0.410 e. The van der Waals surface area contributed by atoms with E-state index in [1.165, 1.54) is 5.56 Å². The average Bonchev–Trinajstić information content (AvgIpc) is 2.77. The van der Waals surface area contributed by atoms with E-state index in [0.29, 0.717) is 18.8 Å². The first-order valence-corrected chi connectivity index (χ1v) is 6.00. The van der Waals surface area contributed by atoms with Crippen LogP contribution in [0.4, 0.5) is 4.79 Å².